The van der Waals surface area contributed by atoms with Crippen molar-refractivity contribution in [2.75, 3.05) is 5.43 Å². The van der Waals surface area contributed by atoms with Gasteiger partial charge in [-0.05, 0) is 71.9 Å². The third kappa shape index (κ3) is 5.81. The molecule has 0 bridgehead atoms. The molecule has 6 atom stereocenters. The number of hydrogen-bond donors (Lipinski definition) is 2. The maximum Gasteiger partial charge on any atom is 0.417 e. The van der Waals surface area contributed by atoms with Crippen molar-refractivity contribution in [2.45, 2.75) is 37.4 Å². The van der Waals surface area contributed by atoms with Crippen LogP contribution in [0.4, 0.5) is 19.0 Å². The molecule has 9 rings (SSSR count). The molecule has 10 nitrogen and oxygen atoms in total. The highest BCUT2D eigenvalue weighted by Crippen LogP contribution is 2.63. The average Bonchev–Trinajstić information content (AvgIpc) is 3.55. The Labute approximate surface area is 333 Å². The van der Waals surface area contributed by atoms with Crippen molar-refractivity contribution in [3.05, 3.63) is 141 Å². The van der Waals surface area contributed by atoms with Crippen molar-refractivity contribution in [1.29, 1.82) is 0 Å². The second-order valence-corrected chi connectivity index (χ2v) is 15.8. The molecular weight excluding hydrogens is 784 g/mol. The highest BCUT2D eigenvalue weighted by molar-refractivity contribution is 6.33. The highest BCUT2D eigenvalue weighted by atomic mass is 35.5. The van der Waals surface area contributed by atoms with Crippen LogP contribution in [0.25, 0.3) is 0 Å². The first-order valence-corrected chi connectivity index (χ1v) is 18.9. The van der Waals surface area contributed by atoms with Crippen LogP contribution >= 0.6 is 23.2 Å². The van der Waals surface area contributed by atoms with Gasteiger partial charge in [-0.15, -0.1) is 0 Å². The summed E-state index contributed by atoms with van der Waals surface area (Å²) in [5, 5.41) is 11.1. The zero-order chi connectivity index (χ0) is 40.0. The molecule has 290 valence electrons. The zero-order valence-electron chi connectivity index (χ0n) is 29.7. The molecule has 6 unspecified atom stereocenters. The van der Waals surface area contributed by atoms with Crippen molar-refractivity contribution in [1.82, 2.24) is 14.9 Å². The van der Waals surface area contributed by atoms with Crippen molar-refractivity contribution < 1.29 is 42.2 Å². The molecule has 2 saturated heterocycles. The van der Waals surface area contributed by atoms with E-state index in [9.17, 15) is 32.7 Å². The van der Waals surface area contributed by atoms with Gasteiger partial charge < -0.3 is 9.84 Å². The molecular formula is C42H31Cl2F3N4O6. The number of hydrazine groups is 1. The summed E-state index contributed by atoms with van der Waals surface area (Å²) in [6.07, 6.45) is -0.412. The predicted octanol–water partition coefficient (Wildman–Crippen LogP) is 7.65. The lowest BCUT2D eigenvalue weighted by molar-refractivity contribution is -0.142. The Morgan fingerprint density at radius 3 is 2.40 bits per heavy atom. The number of amides is 4. The molecule has 0 spiro atoms. The number of alkyl halides is 3. The number of ether oxygens (including phenoxy) is 1. The van der Waals surface area contributed by atoms with Crippen molar-refractivity contribution in [3.8, 4) is 11.5 Å². The van der Waals surface area contributed by atoms with E-state index in [1.54, 1.807) is 36.4 Å². The fourth-order valence-corrected chi connectivity index (χ4v) is 9.92. The van der Waals surface area contributed by atoms with Gasteiger partial charge in [0, 0.05) is 29.1 Å². The van der Waals surface area contributed by atoms with E-state index >= 15 is 4.79 Å². The number of pyridine rings is 1. The van der Waals surface area contributed by atoms with Crippen molar-refractivity contribution >= 4 is 52.6 Å². The van der Waals surface area contributed by atoms with Gasteiger partial charge in [0.2, 0.25) is 11.8 Å². The standard InChI is InChI=1S/C42H31Cl2F3N4O6/c43-26-8-6-24(7-9-26)41-31(38(54)51(40(41)56)49-36-32(44)16-25(18-48-36)42(45,46)47)17-30-28(35(41)23-14-22-15-27(52)10-13-33(22)57-20-23)11-12-29-34(30)39(55)50(37(29)53)19-21-4-2-1-3-5-21/h1-11,13,15-16,18,20,29-31,34-35,52H,12,14,17,19H2,(H,48,49). The van der Waals surface area contributed by atoms with Crippen LogP contribution in [0.2, 0.25) is 10.0 Å². The summed E-state index contributed by atoms with van der Waals surface area (Å²) in [4.78, 5) is 63.9. The van der Waals surface area contributed by atoms with E-state index in [1.807, 2.05) is 36.4 Å². The number of benzene rings is 3. The summed E-state index contributed by atoms with van der Waals surface area (Å²) >= 11 is 12.7. The number of phenols is 1. The Morgan fingerprint density at radius 1 is 0.930 bits per heavy atom. The van der Waals surface area contributed by atoms with Gasteiger partial charge in [-0.2, -0.15) is 18.2 Å². The summed E-state index contributed by atoms with van der Waals surface area (Å²) in [6, 6.07) is 20.9. The van der Waals surface area contributed by atoms with Crippen LogP contribution in [-0.4, -0.2) is 43.6 Å². The van der Waals surface area contributed by atoms with Gasteiger partial charge in [-0.1, -0.05) is 77.3 Å². The number of imide groups is 2. The molecule has 5 aliphatic rings. The molecule has 2 aliphatic carbocycles. The van der Waals surface area contributed by atoms with E-state index in [4.69, 9.17) is 27.9 Å². The molecule has 2 N–H and O–H groups in total. The number of halogens is 5. The predicted molar refractivity (Wildman–Crippen MR) is 200 cm³/mol. The van der Waals surface area contributed by atoms with E-state index in [2.05, 4.69) is 10.4 Å². The van der Waals surface area contributed by atoms with Crippen LogP contribution in [0.5, 0.6) is 11.5 Å². The number of nitrogens with one attached hydrogen (secondary N) is 1. The SMILES string of the molecule is O=C1C2CC=C3C(CC4C(=O)N(Nc5ncc(C(F)(F)F)cc5Cl)C(=O)C4(c4ccc(Cl)cc4)C3C3=COc4ccc(O)cc4C3)C2C(=O)N1Cc1ccccc1. The average molecular weight is 816 g/mol. The zero-order valence-corrected chi connectivity index (χ0v) is 31.2. The smallest absolute Gasteiger partial charge is 0.417 e. The number of aromatic nitrogens is 1. The first-order chi connectivity index (χ1) is 27.3. The van der Waals surface area contributed by atoms with Gasteiger partial charge in [-0.25, -0.2) is 4.98 Å². The normalized spacial score (nSPS) is 26.6. The van der Waals surface area contributed by atoms with Crippen LogP contribution in [0, 0.1) is 29.6 Å². The Balaban J connectivity index is 1.20. The maximum atomic E-state index is 15.4. The minimum atomic E-state index is -4.75. The number of hydrogen-bond acceptors (Lipinski definition) is 8. The number of likely N-dealkylation sites (tertiary alicyclic amines) is 1. The summed E-state index contributed by atoms with van der Waals surface area (Å²) in [5.74, 6) is -6.39. The van der Waals surface area contributed by atoms with Crippen LogP contribution in [0.1, 0.15) is 35.1 Å². The van der Waals surface area contributed by atoms with Gasteiger partial charge >= 0.3 is 6.18 Å². The third-order valence-corrected chi connectivity index (χ3v) is 12.5. The fourth-order valence-electron chi connectivity index (χ4n) is 9.59. The number of carbonyl (C=O) groups excluding carboxylic acids is 4. The third-order valence-electron chi connectivity index (χ3n) is 12.0. The molecule has 57 heavy (non-hydrogen) atoms. The van der Waals surface area contributed by atoms with E-state index in [-0.39, 0.29) is 49.2 Å². The van der Waals surface area contributed by atoms with Gasteiger partial charge in [0.05, 0.1) is 46.6 Å². The highest BCUT2D eigenvalue weighted by Gasteiger charge is 2.71. The largest absolute Gasteiger partial charge is 0.508 e. The maximum absolute atomic E-state index is 15.4. The Bertz CT molecular complexity index is 2440. The lowest BCUT2D eigenvalue weighted by Gasteiger charge is -2.51. The van der Waals surface area contributed by atoms with Crippen molar-refractivity contribution in [2.24, 2.45) is 29.6 Å². The molecule has 4 aromatic rings. The summed E-state index contributed by atoms with van der Waals surface area (Å²) in [5.41, 5.74) is 2.84. The molecule has 3 aromatic carbocycles. The number of allylic oxidation sites excluding steroid dienone is 3. The monoisotopic (exact) mass is 814 g/mol. The minimum Gasteiger partial charge on any atom is -0.508 e. The quantitative estimate of drug-likeness (QED) is 0.150. The molecule has 1 saturated carbocycles. The number of anilines is 1. The lowest BCUT2D eigenvalue weighted by atomic mass is 9.48. The van der Waals surface area contributed by atoms with E-state index < -0.39 is 63.6 Å². The minimum absolute atomic E-state index is 0.0119. The number of carbonyl (C=O) groups is 4. The Kier molecular flexibility index (Phi) is 8.74. The van der Waals surface area contributed by atoms with Gasteiger partial charge in [0.15, 0.2) is 5.82 Å². The molecule has 4 heterocycles. The van der Waals surface area contributed by atoms with Crippen molar-refractivity contribution in [3.63, 3.8) is 0 Å². The molecule has 4 amide bonds. The van der Waals surface area contributed by atoms with E-state index in [0.717, 1.165) is 10.6 Å². The van der Waals surface area contributed by atoms with E-state index in [1.165, 1.54) is 17.2 Å². The number of nitrogens with zero attached hydrogens (tertiary/aromatic N) is 3. The number of phenolic OH excluding ortho intramolecular Hbond substituents is 1. The van der Waals surface area contributed by atoms with E-state index in [0.29, 0.717) is 45.3 Å². The Morgan fingerprint density at radius 2 is 1.68 bits per heavy atom. The second-order valence-electron chi connectivity index (χ2n) is 14.9. The number of aromatic hydroxyl groups is 1. The Hall–Kier alpha value is -5.66. The molecule has 3 fully saturated rings. The van der Waals surface area contributed by atoms with Gasteiger partial charge in [-0.3, -0.25) is 29.5 Å². The first kappa shape index (κ1) is 36.9. The fraction of sp³-hybridized carbons (Fsp3) is 0.262. The lowest BCUT2D eigenvalue weighted by Crippen LogP contribution is -2.55. The molecule has 3 aliphatic heterocycles. The van der Waals surface area contributed by atoms with Crippen LogP contribution in [-0.2, 0) is 43.7 Å². The van der Waals surface area contributed by atoms with Gasteiger partial charge in [0.1, 0.15) is 11.5 Å². The number of rotatable bonds is 6. The molecule has 0 radical (unpaired) electrons. The molecule has 15 heteroatoms. The van der Waals surface area contributed by atoms with Crippen LogP contribution in [0.15, 0.2) is 109 Å². The van der Waals surface area contributed by atoms with Crippen LogP contribution in [0.3, 0.4) is 0 Å². The first-order valence-electron chi connectivity index (χ1n) is 18.2. The summed E-state index contributed by atoms with van der Waals surface area (Å²) < 4.78 is 46.7. The molecule has 1 aromatic heterocycles. The van der Waals surface area contributed by atoms with Crippen LogP contribution < -0.4 is 10.2 Å². The second kappa shape index (κ2) is 13.5. The summed E-state index contributed by atoms with van der Waals surface area (Å²) in [6.45, 7) is 0.0738. The number of fused-ring (bicyclic) bond motifs is 5. The van der Waals surface area contributed by atoms with Gasteiger partial charge in [0.25, 0.3) is 11.8 Å². The summed E-state index contributed by atoms with van der Waals surface area (Å²) in [7, 11) is 0. The topological polar surface area (TPSA) is 129 Å².